The standard InChI is InChI=1S/C19H16FN5/c1-13(14-3-6-16(7-4-14)25-10-2-9-23-25)24-19-17-11-15(20)5-8-18(17)21-12-22-19/h2-13H,1H3,(H,21,22,24). The molecule has 0 radical (unpaired) electrons. The van der Waals surface area contributed by atoms with E-state index in [1.165, 1.54) is 18.5 Å². The Morgan fingerprint density at radius 1 is 1.08 bits per heavy atom. The summed E-state index contributed by atoms with van der Waals surface area (Å²) in [6.07, 6.45) is 5.13. The minimum absolute atomic E-state index is 0.00744. The third-order valence-electron chi connectivity index (χ3n) is 4.11. The van der Waals surface area contributed by atoms with Crippen LogP contribution in [0.4, 0.5) is 10.2 Å². The summed E-state index contributed by atoms with van der Waals surface area (Å²) in [6.45, 7) is 2.04. The van der Waals surface area contributed by atoms with Crippen LogP contribution >= 0.6 is 0 Å². The first-order chi connectivity index (χ1) is 12.2. The molecule has 6 heteroatoms. The zero-order chi connectivity index (χ0) is 17.2. The molecule has 124 valence electrons. The molecular formula is C19H16FN5. The minimum atomic E-state index is -0.304. The lowest BCUT2D eigenvalue weighted by Crippen LogP contribution is -2.09. The summed E-state index contributed by atoms with van der Waals surface area (Å²) in [6, 6.07) is 14.5. The van der Waals surface area contributed by atoms with Crippen LogP contribution in [0.1, 0.15) is 18.5 Å². The summed E-state index contributed by atoms with van der Waals surface area (Å²) in [5.41, 5.74) is 2.80. The smallest absolute Gasteiger partial charge is 0.137 e. The Bertz CT molecular complexity index is 996. The Morgan fingerprint density at radius 2 is 1.92 bits per heavy atom. The Hall–Kier alpha value is -3.28. The number of halogens is 1. The van der Waals surface area contributed by atoms with Gasteiger partial charge in [0.2, 0.25) is 0 Å². The number of hydrogen-bond acceptors (Lipinski definition) is 4. The fraction of sp³-hybridized carbons (Fsp3) is 0.105. The molecule has 0 saturated carbocycles. The molecule has 4 rings (SSSR count). The Kier molecular flexibility index (Phi) is 3.85. The maximum absolute atomic E-state index is 13.6. The molecule has 0 fully saturated rings. The number of aromatic nitrogens is 4. The van der Waals surface area contributed by atoms with E-state index in [-0.39, 0.29) is 11.9 Å². The number of fused-ring (bicyclic) bond motifs is 1. The van der Waals surface area contributed by atoms with Crippen molar-refractivity contribution in [3.05, 3.63) is 78.6 Å². The molecule has 0 spiro atoms. The van der Waals surface area contributed by atoms with Gasteiger partial charge in [0.15, 0.2) is 0 Å². The van der Waals surface area contributed by atoms with Crippen molar-refractivity contribution in [3.63, 3.8) is 0 Å². The summed E-state index contributed by atoms with van der Waals surface area (Å²) in [4.78, 5) is 8.44. The van der Waals surface area contributed by atoms with Gasteiger partial charge in [0, 0.05) is 23.8 Å². The van der Waals surface area contributed by atoms with E-state index < -0.39 is 0 Å². The van der Waals surface area contributed by atoms with E-state index in [0.717, 1.165) is 11.3 Å². The summed E-state index contributed by atoms with van der Waals surface area (Å²) in [5, 5.41) is 8.23. The first kappa shape index (κ1) is 15.3. The second-order valence-corrected chi connectivity index (χ2v) is 5.79. The van der Waals surface area contributed by atoms with Crippen molar-refractivity contribution in [2.75, 3.05) is 5.32 Å². The Morgan fingerprint density at radius 3 is 2.68 bits per heavy atom. The van der Waals surface area contributed by atoms with E-state index in [4.69, 9.17) is 0 Å². The number of rotatable bonds is 4. The van der Waals surface area contributed by atoms with Gasteiger partial charge in [-0.05, 0) is 48.9 Å². The summed E-state index contributed by atoms with van der Waals surface area (Å²) in [7, 11) is 0. The molecule has 0 saturated heterocycles. The van der Waals surface area contributed by atoms with E-state index in [1.54, 1.807) is 12.3 Å². The number of benzene rings is 2. The van der Waals surface area contributed by atoms with Crippen molar-refractivity contribution in [2.45, 2.75) is 13.0 Å². The van der Waals surface area contributed by atoms with Crippen molar-refractivity contribution < 1.29 is 4.39 Å². The van der Waals surface area contributed by atoms with Crippen molar-refractivity contribution in [1.82, 2.24) is 19.7 Å². The molecule has 0 amide bonds. The second kappa shape index (κ2) is 6.32. The van der Waals surface area contributed by atoms with Crippen LogP contribution in [0.15, 0.2) is 67.3 Å². The zero-order valence-electron chi connectivity index (χ0n) is 13.6. The molecule has 2 aromatic carbocycles. The molecule has 1 unspecified atom stereocenters. The number of nitrogens with zero attached hydrogens (tertiary/aromatic N) is 4. The molecule has 0 aliphatic heterocycles. The quantitative estimate of drug-likeness (QED) is 0.610. The van der Waals surface area contributed by atoms with Gasteiger partial charge in [0.25, 0.3) is 0 Å². The maximum Gasteiger partial charge on any atom is 0.137 e. The highest BCUT2D eigenvalue weighted by atomic mass is 19.1. The fourth-order valence-corrected chi connectivity index (χ4v) is 2.77. The average Bonchev–Trinajstić information content (AvgIpc) is 3.17. The first-order valence-corrected chi connectivity index (χ1v) is 7.97. The average molecular weight is 333 g/mol. The fourth-order valence-electron chi connectivity index (χ4n) is 2.77. The van der Waals surface area contributed by atoms with Crippen LogP contribution in [0.5, 0.6) is 0 Å². The molecule has 25 heavy (non-hydrogen) atoms. The molecule has 0 aliphatic carbocycles. The van der Waals surface area contributed by atoms with Gasteiger partial charge in [-0.3, -0.25) is 0 Å². The molecule has 5 nitrogen and oxygen atoms in total. The van der Waals surface area contributed by atoms with E-state index in [0.29, 0.717) is 16.7 Å². The lowest BCUT2D eigenvalue weighted by atomic mass is 10.1. The zero-order valence-corrected chi connectivity index (χ0v) is 13.6. The predicted octanol–water partition coefficient (Wildman–Crippen LogP) is 4.13. The van der Waals surface area contributed by atoms with Gasteiger partial charge in [-0.25, -0.2) is 19.0 Å². The van der Waals surface area contributed by atoms with Crippen molar-refractivity contribution in [1.29, 1.82) is 0 Å². The van der Waals surface area contributed by atoms with Crippen LogP contribution in [0.2, 0.25) is 0 Å². The SMILES string of the molecule is CC(Nc1ncnc2ccc(F)cc12)c1ccc(-n2cccn2)cc1. The molecule has 0 bridgehead atoms. The van der Waals surface area contributed by atoms with Crippen molar-refractivity contribution in [2.24, 2.45) is 0 Å². The van der Waals surface area contributed by atoms with Gasteiger partial charge in [0.1, 0.15) is 18.0 Å². The van der Waals surface area contributed by atoms with Crippen LogP contribution < -0.4 is 5.32 Å². The van der Waals surface area contributed by atoms with Gasteiger partial charge < -0.3 is 5.32 Å². The Labute approximate surface area is 144 Å². The first-order valence-electron chi connectivity index (χ1n) is 7.97. The second-order valence-electron chi connectivity index (χ2n) is 5.79. The third kappa shape index (κ3) is 3.06. The van der Waals surface area contributed by atoms with E-state index in [9.17, 15) is 4.39 Å². The number of hydrogen-bond donors (Lipinski definition) is 1. The topological polar surface area (TPSA) is 55.6 Å². The van der Waals surface area contributed by atoms with E-state index in [1.807, 2.05) is 48.1 Å². The number of nitrogens with one attached hydrogen (secondary N) is 1. The highest BCUT2D eigenvalue weighted by Gasteiger charge is 2.10. The monoisotopic (exact) mass is 333 g/mol. The highest BCUT2D eigenvalue weighted by molar-refractivity contribution is 5.88. The maximum atomic E-state index is 13.6. The predicted molar refractivity (Wildman–Crippen MR) is 95.1 cm³/mol. The van der Waals surface area contributed by atoms with Crippen molar-refractivity contribution >= 4 is 16.7 Å². The normalized spacial score (nSPS) is 12.2. The lowest BCUT2D eigenvalue weighted by molar-refractivity contribution is 0.629. The largest absolute Gasteiger partial charge is 0.363 e. The molecule has 2 heterocycles. The third-order valence-corrected chi connectivity index (χ3v) is 4.11. The Balaban J connectivity index is 1.60. The van der Waals surface area contributed by atoms with Crippen LogP contribution in [0.25, 0.3) is 16.6 Å². The summed E-state index contributed by atoms with van der Waals surface area (Å²) >= 11 is 0. The van der Waals surface area contributed by atoms with Crippen molar-refractivity contribution in [3.8, 4) is 5.69 Å². The summed E-state index contributed by atoms with van der Waals surface area (Å²) < 4.78 is 15.4. The van der Waals surface area contributed by atoms with Gasteiger partial charge in [0.05, 0.1) is 11.2 Å². The van der Waals surface area contributed by atoms with Crippen LogP contribution in [0.3, 0.4) is 0 Å². The van der Waals surface area contributed by atoms with Gasteiger partial charge in [-0.1, -0.05) is 12.1 Å². The number of anilines is 1. The molecule has 0 aliphatic rings. The molecule has 1 atom stereocenters. The highest BCUT2D eigenvalue weighted by Crippen LogP contribution is 2.25. The van der Waals surface area contributed by atoms with Gasteiger partial charge >= 0.3 is 0 Å². The van der Waals surface area contributed by atoms with Crippen LogP contribution in [-0.4, -0.2) is 19.7 Å². The lowest BCUT2D eigenvalue weighted by Gasteiger charge is -2.16. The minimum Gasteiger partial charge on any atom is -0.363 e. The molecular weight excluding hydrogens is 317 g/mol. The molecule has 4 aromatic rings. The van der Waals surface area contributed by atoms with Crippen LogP contribution in [-0.2, 0) is 0 Å². The van der Waals surface area contributed by atoms with Gasteiger partial charge in [-0.2, -0.15) is 5.10 Å². The van der Waals surface area contributed by atoms with E-state index in [2.05, 4.69) is 20.4 Å². The van der Waals surface area contributed by atoms with Crippen LogP contribution in [0, 0.1) is 5.82 Å². The summed E-state index contributed by atoms with van der Waals surface area (Å²) in [5.74, 6) is 0.315. The van der Waals surface area contributed by atoms with E-state index >= 15 is 0 Å². The molecule has 1 N–H and O–H groups in total. The molecule has 2 aromatic heterocycles. The van der Waals surface area contributed by atoms with Gasteiger partial charge in [-0.15, -0.1) is 0 Å².